The van der Waals surface area contributed by atoms with E-state index in [1.807, 2.05) is 24.1 Å². The van der Waals surface area contributed by atoms with E-state index in [4.69, 9.17) is 0 Å². The highest BCUT2D eigenvalue weighted by Gasteiger charge is 2.06. The van der Waals surface area contributed by atoms with Crippen molar-refractivity contribution in [1.82, 2.24) is 15.1 Å². The third kappa shape index (κ3) is 3.37. The topological polar surface area (TPSA) is 29.9 Å². The van der Waals surface area contributed by atoms with Gasteiger partial charge < -0.3 is 5.32 Å². The molecule has 4 heteroatoms. The Bertz CT molecular complexity index is 520. The van der Waals surface area contributed by atoms with Crippen LogP contribution in [0.5, 0.6) is 0 Å². The minimum absolute atomic E-state index is 0.917. The quantitative estimate of drug-likeness (QED) is 0.897. The lowest BCUT2D eigenvalue weighted by Gasteiger charge is -2.09. The van der Waals surface area contributed by atoms with Gasteiger partial charge in [-0.3, -0.25) is 4.68 Å². The van der Waals surface area contributed by atoms with Crippen LogP contribution >= 0.6 is 11.8 Å². The molecule has 1 N–H and O–H groups in total. The van der Waals surface area contributed by atoms with Crippen LogP contribution in [0.1, 0.15) is 18.1 Å². The van der Waals surface area contributed by atoms with Gasteiger partial charge in [-0.05, 0) is 25.1 Å². The molecule has 0 amide bonds. The second-order valence-electron chi connectivity index (χ2n) is 4.34. The van der Waals surface area contributed by atoms with Crippen molar-refractivity contribution in [3.63, 3.8) is 0 Å². The Hall–Kier alpha value is -1.26. The molecule has 0 spiro atoms. The summed E-state index contributed by atoms with van der Waals surface area (Å²) in [5.41, 5.74) is 2.66. The van der Waals surface area contributed by atoms with Crippen molar-refractivity contribution >= 4 is 11.8 Å². The SMILES string of the molecule is CCNCc1cc(C)ccc1Sc1cnn(C)c1. The van der Waals surface area contributed by atoms with Crippen LogP contribution in [0.15, 0.2) is 40.4 Å². The van der Waals surface area contributed by atoms with Crippen molar-refractivity contribution in [3.8, 4) is 0 Å². The van der Waals surface area contributed by atoms with E-state index in [9.17, 15) is 0 Å². The van der Waals surface area contributed by atoms with Gasteiger partial charge in [0, 0.05) is 24.7 Å². The smallest absolute Gasteiger partial charge is 0.0629 e. The molecule has 0 aliphatic carbocycles. The molecule has 0 aliphatic rings. The molecular weight excluding hydrogens is 242 g/mol. The molecule has 0 bridgehead atoms. The lowest BCUT2D eigenvalue weighted by Crippen LogP contribution is -2.12. The Morgan fingerprint density at radius 3 is 2.89 bits per heavy atom. The molecule has 2 rings (SSSR count). The zero-order valence-corrected chi connectivity index (χ0v) is 11.9. The molecule has 0 aliphatic heterocycles. The molecule has 18 heavy (non-hydrogen) atoms. The van der Waals surface area contributed by atoms with Crippen LogP contribution in [0.4, 0.5) is 0 Å². The molecule has 1 heterocycles. The van der Waals surface area contributed by atoms with Crippen LogP contribution < -0.4 is 5.32 Å². The Balaban J connectivity index is 2.20. The number of rotatable bonds is 5. The molecule has 1 aromatic carbocycles. The normalized spacial score (nSPS) is 10.8. The van der Waals surface area contributed by atoms with Crippen molar-refractivity contribution in [2.24, 2.45) is 7.05 Å². The minimum atomic E-state index is 0.917. The van der Waals surface area contributed by atoms with Gasteiger partial charge in [0.2, 0.25) is 0 Å². The fraction of sp³-hybridized carbons (Fsp3) is 0.357. The van der Waals surface area contributed by atoms with Gasteiger partial charge in [0.25, 0.3) is 0 Å². The van der Waals surface area contributed by atoms with Gasteiger partial charge >= 0.3 is 0 Å². The van der Waals surface area contributed by atoms with Crippen LogP contribution in [0.25, 0.3) is 0 Å². The highest BCUT2D eigenvalue weighted by molar-refractivity contribution is 7.99. The summed E-state index contributed by atoms with van der Waals surface area (Å²) in [6.07, 6.45) is 3.95. The van der Waals surface area contributed by atoms with Crippen molar-refractivity contribution in [2.45, 2.75) is 30.2 Å². The lowest BCUT2D eigenvalue weighted by molar-refractivity contribution is 0.717. The van der Waals surface area contributed by atoms with Gasteiger partial charge in [0.05, 0.1) is 11.1 Å². The van der Waals surface area contributed by atoms with E-state index in [-0.39, 0.29) is 0 Å². The largest absolute Gasteiger partial charge is 0.313 e. The predicted molar refractivity (Wildman–Crippen MR) is 75.9 cm³/mol. The summed E-state index contributed by atoms with van der Waals surface area (Å²) < 4.78 is 1.83. The van der Waals surface area contributed by atoms with Crippen LogP contribution in [-0.4, -0.2) is 16.3 Å². The van der Waals surface area contributed by atoms with Crippen molar-refractivity contribution in [3.05, 3.63) is 41.7 Å². The third-order valence-electron chi connectivity index (χ3n) is 2.69. The Kier molecular flexibility index (Phi) is 4.44. The van der Waals surface area contributed by atoms with Crippen LogP contribution in [0.3, 0.4) is 0 Å². The minimum Gasteiger partial charge on any atom is -0.313 e. The first-order chi connectivity index (χ1) is 8.69. The summed E-state index contributed by atoms with van der Waals surface area (Å²) in [5.74, 6) is 0. The molecule has 1 aromatic heterocycles. The zero-order valence-electron chi connectivity index (χ0n) is 11.1. The molecule has 96 valence electrons. The molecule has 0 radical (unpaired) electrons. The van der Waals surface area contributed by atoms with Crippen molar-refractivity contribution < 1.29 is 0 Å². The third-order valence-corrected chi connectivity index (χ3v) is 3.76. The number of benzene rings is 1. The monoisotopic (exact) mass is 261 g/mol. The van der Waals surface area contributed by atoms with E-state index < -0.39 is 0 Å². The molecule has 0 atom stereocenters. The molecule has 0 saturated heterocycles. The average molecular weight is 261 g/mol. The number of aromatic nitrogens is 2. The first kappa shape index (κ1) is 13.2. The lowest BCUT2D eigenvalue weighted by atomic mass is 10.1. The summed E-state index contributed by atoms with van der Waals surface area (Å²) in [7, 11) is 1.94. The summed E-state index contributed by atoms with van der Waals surface area (Å²) in [6.45, 7) is 6.17. The first-order valence-corrected chi connectivity index (χ1v) is 6.97. The standard InChI is InChI=1S/C14H19N3S/c1-4-15-8-12-7-11(2)5-6-14(12)18-13-9-16-17(3)10-13/h5-7,9-10,15H,4,8H2,1-3H3. The number of nitrogens with zero attached hydrogens (tertiary/aromatic N) is 2. The second kappa shape index (κ2) is 6.07. The van der Waals surface area contributed by atoms with Gasteiger partial charge in [0.1, 0.15) is 0 Å². The Morgan fingerprint density at radius 2 is 2.22 bits per heavy atom. The van der Waals surface area contributed by atoms with Gasteiger partial charge in [-0.25, -0.2) is 0 Å². The van der Waals surface area contributed by atoms with Crippen LogP contribution in [0, 0.1) is 6.92 Å². The van der Waals surface area contributed by atoms with E-state index in [1.54, 1.807) is 11.8 Å². The number of aryl methyl sites for hydroxylation is 2. The molecule has 0 saturated carbocycles. The predicted octanol–water partition coefficient (Wildman–Crippen LogP) is 2.99. The Labute approximate surface area is 113 Å². The fourth-order valence-electron chi connectivity index (χ4n) is 1.78. The highest BCUT2D eigenvalue weighted by atomic mass is 32.2. The van der Waals surface area contributed by atoms with E-state index in [2.05, 4.69) is 42.5 Å². The second-order valence-corrected chi connectivity index (χ2v) is 5.46. The van der Waals surface area contributed by atoms with Gasteiger partial charge in [-0.2, -0.15) is 5.10 Å². The summed E-state index contributed by atoms with van der Waals surface area (Å²) >= 11 is 1.77. The maximum Gasteiger partial charge on any atom is 0.0629 e. The van der Waals surface area contributed by atoms with E-state index in [0.29, 0.717) is 0 Å². The van der Waals surface area contributed by atoms with E-state index in [0.717, 1.165) is 13.1 Å². The average Bonchev–Trinajstić information content (AvgIpc) is 2.75. The fourth-order valence-corrected chi connectivity index (χ4v) is 2.74. The number of hydrogen-bond acceptors (Lipinski definition) is 3. The molecular formula is C14H19N3S. The van der Waals surface area contributed by atoms with Crippen LogP contribution in [0.2, 0.25) is 0 Å². The molecule has 3 nitrogen and oxygen atoms in total. The van der Waals surface area contributed by atoms with Crippen molar-refractivity contribution in [2.75, 3.05) is 6.54 Å². The summed E-state index contributed by atoms with van der Waals surface area (Å²) in [6, 6.07) is 6.61. The van der Waals surface area contributed by atoms with Crippen LogP contribution in [-0.2, 0) is 13.6 Å². The maximum atomic E-state index is 4.20. The summed E-state index contributed by atoms with van der Waals surface area (Å²) in [5, 5.41) is 7.59. The highest BCUT2D eigenvalue weighted by Crippen LogP contribution is 2.30. The number of nitrogens with one attached hydrogen (secondary N) is 1. The molecule has 0 fully saturated rings. The van der Waals surface area contributed by atoms with Gasteiger partial charge in [-0.15, -0.1) is 0 Å². The van der Waals surface area contributed by atoms with E-state index >= 15 is 0 Å². The molecule has 0 unspecified atom stereocenters. The zero-order chi connectivity index (χ0) is 13.0. The first-order valence-electron chi connectivity index (χ1n) is 6.16. The number of hydrogen-bond donors (Lipinski definition) is 1. The van der Waals surface area contributed by atoms with Gasteiger partial charge in [-0.1, -0.05) is 36.4 Å². The maximum absolute atomic E-state index is 4.20. The summed E-state index contributed by atoms with van der Waals surface area (Å²) in [4.78, 5) is 2.48. The van der Waals surface area contributed by atoms with Gasteiger partial charge in [0.15, 0.2) is 0 Å². The Morgan fingerprint density at radius 1 is 1.39 bits per heavy atom. The van der Waals surface area contributed by atoms with Crippen molar-refractivity contribution in [1.29, 1.82) is 0 Å². The molecule has 2 aromatic rings. The van der Waals surface area contributed by atoms with E-state index in [1.165, 1.54) is 20.9 Å².